The Morgan fingerprint density at radius 1 is 1.29 bits per heavy atom. The van der Waals surface area contributed by atoms with Crippen LogP contribution in [0.5, 0.6) is 0 Å². The van der Waals surface area contributed by atoms with Crippen LogP contribution >= 0.6 is 11.8 Å². The summed E-state index contributed by atoms with van der Waals surface area (Å²) in [7, 11) is 0. The number of thioether (sulfide) groups is 1. The van der Waals surface area contributed by atoms with Crippen LogP contribution in [0.2, 0.25) is 0 Å². The molecule has 1 aromatic carbocycles. The maximum atomic E-state index is 12.9. The molecule has 5 heteroatoms. The highest BCUT2D eigenvalue weighted by Gasteiger charge is 2.14. The molecule has 0 aliphatic rings. The molecule has 1 atom stereocenters. The van der Waals surface area contributed by atoms with Crippen LogP contribution in [0.4, 0.5) is 10.1 Å². The van der Waals surface area contributed by atoms with Crippen LogP contribution in [0.25, 0.3) is 0 Å². The van der Waals surface area contributed by atoms with E-state index in [1.807, 2.05) is 12.3 Å². The Morgan fingerprint density at radius 2 is 2.05 bits per heavy atom. The molecule has 3 nitrogen and oxygen atoms in total. The lowest BCUT2D eigenvalue weighted by atomic mass is 10.1. The van der Waals surface area contributed by atoms with Gasteiger partial charge in [0, 0.05) is 40.3 Å². The molecule has 0 aliphatic carbocycles. The van der Waals surface area contributed by atoms with E-state index in [9.17, 15) is 4.39 Å². The fraction of sp³-hybridized carbons (Fsp3) is 0.312. The van der Waals surface area contributed by atoms with Gasteiger partial charge in [0.15, 0.2) is 0 Å². The van der Waals surface area contributed by atoms with E-state index in [-0.39, 0.29) is 11.9 Å². The van der Waals surface area contributed by atoms with Gasteiger partial charge in [-0.1, -0.05) is 6.92 Å². The predicted octanol–water partition coefficient (Wildman–Crippen LogP) is 3.64. The monoisotopic (exact) mass is 305 g/mol. The van der Waals surface area contributed by atoms with Crippen molar-refractivity contribution in [2.24, 2.45) is 0 Å². The third-order valence-electron chi connectivity index (χ3n) is 3.13. The Morgan fingerprint density at radius 3 is 2.71 bits per heavy atom. The average Bonchev–Trinajstić information content (AvgIpc) is 2.50. The number of nitrogens with zero attached hydrogens (tertiary/aromatic N) is 1. The third kappa shape index (κ3) is 4.72. The second-order valence-electron chi connectivity index (χ2n) is 4.78. The van der Waals surface area contributed by atoms with E-state index in [1.54, 1.807) is 30.1 Å². The van der Waals surface area contributed by atoms with Gasteiger partial charge < -0.3 is 11.1 Å². The number of nitrogen functional groups attached to an aromatic ring is 1. The van der Waals surface area contributed by atoms with Crippen molar-refractivity contribution in [3.05, 3.63) is 54.1 Å². The van der Waals surface area contributed by atoms with Gasteiger partial charge in [-0.2, -0.15) is 0 Å². The molecular weight excluding hydrogens is 285 g/mol. The maximum absolute atomic E-state index is 12.9. The molecule has 112 valence electrons. The van der Waals surface area contributed by atoms with Crippen LogP contribution < -0.4 is 11.1 Å². The molecule has 0 radical (unpaired) electrons. The molecule has 1 unspecified atom stereocenters. The van der Waals surface area contributed by atoms with Crippen molar-refractivity contribution in [2.75, 3.05) is 18.0 Å². The summed E-state index contributed by atoms with van der Waals surface area (Å²) in [6, 6.07) is 8.50. The number of benzene rings is 1. The summed E-state index contributed by atoms with van der Waals surface area (Å²) in [5.41, 5.74) is 7.81. The SMILES string of the molecule is CCCNC(CSc1ccc(F)cc1)c1cnccc1N. The number of anilines is 1. The van der Waals surface area contributed by atoms with Gasteiger partial charge in [0.2, 0.25) is 0 Å². The van der Waals surface area contributed by atoms with Crippen molar-refractivity contribution in [3.63, 3.8) is 0 Å². The van der Waals surface area contributed by atoms with Gasteiger partial charge >= 0.3 is 0 Å². The van der Waals surface area contributed by atoms with Crippen LogP contribution in [-0.4, -0.2) is 17.3 Å². The van der Waals surface area contributed by atoms with E-state index >= 15 is 0 Å². The lowest BCUT2D eigenvalue weighted by Gasteiger charge is -2.20. The first-order valence-electron chi connectivity index (χ1n) is 7.02. The van der Waals surface area contributed by atoms with E-state index in [0.717, 1.165) is 34.9 Å². The quantitative estimate of drug-likeness (QED) is 0.767. The van der Waals surface area contributed by atoms with Crippen LogP contribution in [0.3, 0.4) is 0 Å². The zero-order chi connectivity index (χ0) is 15.1. The van der Waals surface area contributed by atoms with Gasteiger partial charge in [0.05, 0.1) is 0 Å². The van der Waals surface area contributed by atoms with Crippen LogP contribution in [0.1, 0.15) is 24.9 Å². The van der Waals surface area contributed by atoms with Crippen molar-refractivity contribution in [1.82, 2.24) is 10.3 Å². The minimum atomic E-state index is -0.212. The fourth-order valence-electron chi connectivity index (χ4n) is 2.00. The highest BCUT2D eigenvalue weighted by Crippen LogP contribution is 2.27. The zero-order valence-electron chi connectivity index (χ0n) is 12.1. The Bertz CT molecular complexity index is 560. The summed E-state index contributed by atoms with van der Waals surface area (Å²) in [4.78, 5) is 5.21. The first-order chi connectivity index (χ1) is 10.2. The van der Waals surface area contributed by atoms with Crippen molar-refractivity contribution in [1.29, 1.82) is 0 Å². The smallest absolute Gasteiger partial charge is 0.123 e. The van der Waals surface area contributed by atoms with Crippen LogP contribution in [-0.2, 0) is 0 Å². The second-order valence-corrected chi connectivity index (χ2v) is 5.87. The van der Waals surface area contributed by atoms with E-state index in [2.05, 4.69) is 17.2 Å². The number of nitrogens with one attached hydrogen (secondary N) is 1. The molecule has 0 aliphatic heterocycles. The number of nitrogens with two attached hydrogens (primary N) is 1. The van der Waals surface area contributed by atoms with Crippen molar-refractivity contribution < 1.29 is 4.39 Å². The summed E-state index contributed by atoms with van der Waals surface area (Å²) in [5.74, 6) is 0.609. The van der Waals surface area contributed by atoms with E-state index in [0.29, 0.717) is 0 Å². The molecule has 0 saturated carbocycles. The second kappa shape index (κ2) is 8.00. The maximum Gasteiger partial charge on any atom is 0.123 e. The summed E-state index contributed by atoms with van der Waals surface area (Å²) >= 11 is 1.68. The summed E-state index contributed by atoms with van der Waals surface area (Å²) in [6.45, 7) is 3.05. The first kappa shape index (κ1) is 15.8. The highest BCUT2D eigenvalue weighted by atomic mass is 32.2. The first-order valence-corrected chi connectivity index (χ1v) is 8.00. The normalized spacial score (nSPS) is 12.3. The van der Waals surface area contributed by atoms with E-state index in [4.69, 9.17) is 5.73 Å². The minimum Gasteiger partial charge on any atom is -0.398 e. The molecule has 1 heterocycles. The Hall–Kier alpha value is -1.59. The molecule has 2 aromatic rings. The molecule has 0 saturated heterocycles. The Labute approximate surface area is 129 Å². The fourth-order valence-corrected chi connectivity index (χ4v) is 2.98. The highest BCUT2D eigenvalue weighted by molar-refractivity contribution is 7.99. The number of hydrogen-bond donors (Lipinski definition) is 2. The molecule has 0 spiro atoms. The van der Waals surface area contributed by atoms with Crippen molar-refractivity contribution in [3.8, 4) is 0 Å². The molecule has 3 N–H and O–H groups in total. The minimum absolute atomic E-state index is 0.133. The predicted molar refractivity (Wildman–Crippen MR) is 86.8 cm³/mol. The number of hydrogen-bond acceptors (Lipinski definition) is 4. The van der Waals surface area contributed by atoms with Crippen molar-refractivity contribution >= 4 is 17.4 Å². The van der Waals surface area contributed by atoms with Gasteiger partial charge in [-0.15, -0.1) is 11.8 Å². The third-order valence-corrected chi connectivity index (χ3v) is 4.24. The van der Waals surface area contributed by atoms with Crippen LogP contribution in [0, 0.1) is 5.82 Å². The molecule has 21 heavy (non-hydrogen) atoms. The zero-order valence-corrected chi connectivity index (χ0v) is 12.9. The summed E-state index contributed by atoms with van der Waals surface area (Å²) in [5, 5.41) is 3.49. The molecular formula is C16H20FN3S. The summed E-state index contributed by atoms with van der Waals surface area (Å²) in [6.07, 6.45) is 4.56. The Kier molecular flexibility index (Phi) is 6.02. The van der Waals surface area contributed by atoms with Gasteiger partial charge in [-0.3, -0.25) is 4.98 Å². The number of aromatic nitrogens is 1. The van der Waals surface area contributed by atoms with Gasteiger partial charge in [0.25, 0.3) is 0 Å². The molecule has 1 aromatic heterocycles. The lowest BCUT2D eigenvalue weighted by Crippen LogP contribution is -2.25. The van der Waals surface area contributed by atoms with Crippen LogP contribution in [0.15, 0.2) is 47.6 Å². The number of pyridine rings is 1. The van der Waals surface area contributed by atoms with E-state index in [1.165, 1.54) is 12.1 Å². The molecule has 2 rings (SSSR count). The topological polar surface area (TPSA) is 50.9 Å². The summed E-state index contributed by atoms with van der Waals surface area (Å²) < 4.78 is 12.9. The van der Waals surface area contributed by atoms with E-state index < -0.39 is 0 Å². The number of rotatable bonds is 7. The van der Waals surface area contributed by atoms with Gasteiger partial charge in [0.1, 0.15) is 5.82 Å². The number of halogens is 1. The standard InChI is InChI=1S/C16H20FN3S/c1-2-8-20-16(14-10-19-9-7-15(14)18)11-21-13-5-3-12(17)4-6-13/h3-7,9-10,16,20H,2,8,11H2,1H3,(H2,18,19). The van der Waals surface area contributed by atoms with Crippen molar-refractivity contribution in [2.45, 2.75) is 24.3 Å². The lowest BCUT2D eigenvalue weighted by molar-refractivity contribution is 0.577. The largest absolute Gasteiger partial charge is 0.398 e. The molecule has 0 bridgehead atoms. The molecule has 0 amide bonds. The van der Waals surface area contributed by atoms with Gasteiger partial charge in [-0.25, -0.2) is 4.39 Å². The Balaban J connectivity index is 2.06. The molecule has 0 fully saturated rings. The van der Waals surface area contributed by atoms with Gasteiger partial charge in [-0.05, 0) is 43.3 Å². The average molecular weight is 305 g/mol.